The summed E-state index contributed by atoms with van der Waals surface area (Å²) >= 11 is 0. The van der Waals surface area contributed by atoms with Crippen LogP contribution < -0.4 is 5.32 Å². The number of hydrogen-bond acceptors (Lipinski definition) is 4. The zero-order valence-electron chi connectivity index (χ0n) is 11.1. The maximum Gasteiger partial charge on any atom is 0.249 e. The molecule has 18 heavy (non-hydrogen) atoms. The van der Waals surface area contributed by atoms with Gasteiger partial charge >= 0.3 is 0 Å². The molecule has 0 aromatic carbocycles. The molecule has 1 fully saturated rings. The summed E-state index contributed by atoms with van der Waals surface area (Å²) in [4.78, 5) is 36.3. The van der Waals surface area contributed by atoms with Crippen LogP contribution in [-0.2, 0) is 19.1 Å². The van der Waals surface area contributed by atoms with Crippen molar-refractivity contribution in [2.45, 2.75) is 45.3 Å². The normalized spacial score (nSPS) is 21.7. The Bertz CT molecular complexity index is 343. The number of methoxy groups -OCH3 is 1. The molecule has 1 N–H and O–H groups in total. The highest BCUT2D eigenvalue weighted by Gasteiger charge is 2.35. The van der Waals surface area contributed by atoms with Crippen molar-refractivity contribution in [3.8, 4) is 0 Å². The molecular formula is C12H20N2O4. The van der Waals surface area contributed by atoms with Gasteiger partial charge < -0.3 is 9.64 Å². The van der Waals surface area contributed by atoms with E-state index in [1.54, 1.807) is 7.11 Å². The van der Waals surface area contributed by atoms with E-state index in [4.69, 9.17) is 4.74 Å². The van der Waals surface area contributed by atoms with Gasteiger partial charge in [-0.15, -0.1) is 0 Å². The van der Waals surface area contributed by atoms with E-state index in [1.165, 1.54) is 4.90 Å². The van der Waals surface area contributed by atoms with Gasteiger partial charge in [-0.25, -0.2) is 0 Å². The first-order valence-corrected chi connectivity index (χ1v) is 6.15. The van der Waals surface area contributed by atoms with Crippen LogP contribution in [0.3, 0.4) is 0 Å². The summed E-state index contributed by atoms with van der Waals surface area (Å²) in [5, 5.41) is 2.24. The minimum Gasteiger partial charge on any atom is -0.382 e. The van der Waals surface area contributed by atoms with Crippen molar-refractivity contribution >= 4 is 17.7 Å². The summed E-state index contributed by atoms with van der Waals surface area (Å²) < 4.78 is 5.07. The number of rotatable bonds is 5. The molecule has 0 aliphatic carbocycles. The van der Waals surface area contributed by atoms with Gasteiger partial charge in [0, 0.05) is 13.5 Å². The van der Waals surface area contributed by atoms with Crippen LogP contribution >= 0.6 is 0 Å². The fourth-order valence-electron chi connectivity index (χ4n) is 1.92. The van der Waals surface area contributed by atoms with Gasteiger partial charge in [-0.1, -0.05) is 6.92 Å². The lowest BCUT2D eigenvalue weighted by molar-refractivity contribution is -0.150. The van der Waals surface area contributed by atoms with Crippen LogP contribution in [0.5, 0.6) is 0 Å². The van der Waals surface area contributed by atoms with Crippen molar-refractivity contribution < 1.29 is 19.1 Å². The minimum absolute atomic E-state index is 0.0108. The average molecular weight is 256 g/mol. The van der Waals surface area contributed by atoms with Crippen LogP contribution in [0.2, 0.25) is 0 Å². The van der Waals surface area contributed by atoms with Crippen molar-refractivity contribution in [2.24, 2.45) is 0 Å². The molecule has 2 unspecified atom stereocenters. The van der Waals surface area contributed by atoms with Crippen LogP contribution in [0.15, 0.2) is 0 Å². The Morgan fingerprint density at radius 3 is 2.78 bits per heavy atom. The number of nitrogens with zero attached hydrogens (tertiary/aromatic N) is 1. The van der Waals surface area contributed by atoms with Gasteiger partial charge in [0.15, 0.2) is 0 Å². The number of hydrogen-bond donors (Lipinski definition) is 1. The molecule has 1 aliphatic rings. The second kappa shape index (κ2) is 6.49. The SMILES string of the molecule is CCC1C(=O)NC(=O)CN1C(=O)CCC(C)OC. The molecule has 2 atom stereocenters. The second-order valence-electron chi connectivity index (χ2n) is 4.44. The molecular weight excluding hydrogens is 236 g/mol. The minimum atomic E-state index is -0.534. The molecule has 1 aliphatic heterocycles. The number of piperazine rings is 1. The Labute approximate surface area is 107 Å². The molecule has 0 bridgehead atoms. The van der Waals surface area contributed by atoms with Crippen LogP contribution in [0.1, 0.15) is 33.1 Å². The number of ether oxygens (including phenoxy) is 1. The van der Waals surface area contributed by atoms with Crippen molar-refractivity contribution in [2.75, 3.05) is 13.7 Å². The zero-order chi connectivity index (χ0) is 13.7. The molecule has 0 aromatic rings. The summed E-state index contributed by atoms with van der Waals surface area (Å²) in [7, 11) is 1.59. The quantitative estimate of drug-likeness (QED) is 0.706. The van der Waals surface area contributed by atoms with E-state index in [-0.39, 0.29) is 30.9 Å². The molecule has 0 radical (unpaired) electrons. The van der Waals surface area contributed by atoms with Crippen molar-refractivity contribution in [3.05, 3.63) is 0 Å². The molecule has 0 saturated carbocycles. The van der Waals surface area contributed by atoms with Crippen molar-refractivity contribution in [1.82, 2.24) is 10.2 Å². The van der Waals surface area contributed by atoms with E-state index in [9.17, 15) is 14.4 Å². The largest absolute Gasteiger partial charge is 0.382 e. The average Bonchev–Trinajstić information content (AvgIpc) is 2.34. The third-order valence-corrected chi connectivity index (χ3v) is 3.13. The van der Waals surface area contributed by atoms with E-state index in [2.05, 4.69) is 5.32 Å². The predicted octanol–water partition coefficient (Wildman–Crippen LogP) is 0.0651. The van der Waals surface area contributed by atoms with Crippen molar-refractivity contribution in [1.29, 1.82) is 0 Å². The molecule has 1 heterocycles. The Kier molecular flexibility index (Phi) is 5.27. The Morgan fingerprint density at radius 1 is 1.56 bits per heavy atom. The first-order valence-electron chi connectivity index (χ1n) is 6.15. The fourth-order valence-corrected chi connectivity index (χ4v) is 1.92. The molecule has 6 heteroatoms. The predicted molar refractivity (Wildman–Crippen MR) is 64.6 cm³/mol. The molecule has 1 rings (SSSR count). The molecule has 0 aromatic heterocycles. The Balaban J connectivity index is 2.63. The van der Waals surface area contributed by atoms with E-state index >= 15 is 0 Å². The summed E-state index contributed by atoms with van der Waals surface area (Å²) in [5.74, 6) is -0.978. The topological polar surface area (TPSA) is 75.7 Å². The van der Waals surface area contributed by atoms with E-state index in [0.717, 1.165) is 0 Å². The first kappa shape index (κ1) is 14.6. The highest BCUT2D eigenvalue weighted by Crippen LogP contribution is 2.12. The van der Waals surface area contributed by atoms with Crippen LogP contribution in [0.25, 0.3) is 0 Å². The second-order valence-corrected chi connectivity index (χ2v) is 4.44. The molecule has 6 nitrogen and oxygen atoms in total. The maximum absolute atomic E-state index is 12.0. The number of imide groups is 1. The first-order chi connectivity index (χ1) is 8.49. The lowest BCUT2D eigenvalue weighted by Gasteiger charge is -2.33. The molecule has 102 valence electrons. The van der Waals surface area contributed by atoms with Crippen molar-refractivity contribution in [3.63, 3.8) is 0 Å². The lowest BCUT2D eigenvalue weighted by Crippen LogP contribution is -2.59. The van der Waals surface area contributed by atoms with E-state index in [0.29, 0.717) is 12.8 Å². The van der Waals surface area contributed by atoms with Gasteiger partial charge in [0.1, 0.15) is 12.6 Å². The number of carbonyl (C=O) groups excluding carboxylic acids is 3. The summed E-state index contributed by atoms with van der Waals surface area (Å²) in [6.45, 7) is 3.65. The van der Waals surface area contributed by atoms with Crippen LogP contribution in [0, 0.1) is 0 Å². The molecule has 3 amide bonds. The third-order valence-electron chi connectivity index (χ3n) is 3.13. The molecule has 0 spiro atoms. The molecule has 1 saturated heterocycles. The standard InChI is InChI=1S/C12H20N2O4/c1-4-9-12(17)13-10(15)7-14(9)11(16)6-5-8(2)18-3/h8-9H,4-7H2,1-3H3,(H,13,15,17). The lowest BCUT2D eigenvalue weighted by atomic mass is 10.1. The van der Waals surface area contributed by atoms with Gasteiger partial charge in [0.25, 0.3) is 0 Å². The van der Waals surface area contributed by atoms with E-state index < -0.39 is 11.9 Å². The fraction of sp³-hybridized carbons (Fsp3) is 0.750. The smallest absolute Gasteiger partial charge is 0.249 e. The number of carbonyl (C=O) groups is 3. The van der Waals surface area contributed by atoms with Gasteiger partial charge in [0.2, 0.25) is 17.7 Å². The Morgan fingerprint density at radius 2 is 2.22 bits per heavy atom. The van der Waals surface area contributed by atoms with Crippen LogP contribution in [-0.4, -0.2) is 48.4 Å². The summed E-state index contributed by atoms with van der Waals surface area (Å²) in [6, 6.07) is -0.534. The number of amides is 3. The Hall–Kier alpha value is -1.43. The monoisotopic (exact) mass is 256 g/mol. The number of nitrogens with one attached hydrogen (secondary N) is 1. The highest BCUT2D eigenvalue weighted by molar-refractivity contribution is 6.04. The summed E-state index contributed by atoms with van der Waals surface area (Å²) in [6.07, 6.45) is 1.36. The van der Waals surface area contributed by atoms with Gasteiger partial charge in [-0.05, 0) is 19.8 Å². The van der Waals surface area contributed by atoms with E-state index in [1.807, 2.05) is 13.8 Å². The highest BCUT2D eigenvalue weighted by atomic mass is 16.5. The summed E-state index contributed by atoms with van der Waals surface area (Å²) in [5.41, 5.74) is 0. The van der Waals surface area contributed by atoms with Gasteiger partial charge in [0.05, 0.1) is 6.10 Å². The zero-order valence-corrected chi connectivity index (χ0v) is 11.1. The van der Waals surface area contributed by atoms with Crippen LogP contribution in [0.4, 0.5) is 0 Å². The maximum atomic E-state index is 12.0. The van der Waals surface area contributed by atoms with Gasteiger partial charge in [-0.2, -0.15) is 0 Å². The third kappa shape index (κ3) is 3.53. The van der Waals surface area contributed by atoms with Gasteiger partial charge in [-0.3, -0.25) is 19.7 Å².